The minimum absolute atomic E-state index is 0.469. The van der Waals surface area contributed by atoms with Gasteiger partial charge in [0.2, 0.25) is 5.95 Å². The third-order valence-corrected chi connectivity index (χ3v) is 5.76. The highest BCUT2D eigenvalue weighted by atomic mass is 15.2. The van der Waals surface area contributed by atoms with Gasteiger partial charge in [0, 0.05) is 38.4 Å². The van der Waals surface area contributed by atoms with E-state index in [9.17, 15) is 0 Å². The molecule has 3 heterocycles. The lowest BCUT2D eigenvalue weighted by molar-refractivity contribution is 0.186. The molecule has 3 rings (SSSR count). The van der Waals surface area contributed by atoms with Crippen molar-refractivity contribution in [2.45, 2.75) is 71.3 Å². The number of nitrogens with zero attached hydrogens (tertiary/aromatic N) is 4. The van der Waals surface area contributed by atoms with Crippen LogP contribution < -0.4 is 10.2 Å². The average Bonchev–Trinajstić information content (AvgIpc) is 2.92. The van der Waals surface area contributed by atoms with Crippen LogP contribution >= 0.6 is 0 Å². The summed E-state index contributed by atoms with van der Waals surface area (Å²) in [6.07, 6.45) is 12.3. The molecule has 2 aliphatic rings. The summed E-state index contributed by atoms with van der Waals surface area (Å²) >= 11 is 0. The Morgan fingerprint density at radius 3 is 2.73 bits per heavy atom. The van der Waals surface area contributed by atoms with Crippen molar-refractivity contribution in [2.75, 3.05) is 42.9 Å². The zero-order valence-corrected chi connectivity index (χ0v) is 16.8. The third-order valence-electron chi connectivity index (χ3n) is 5.76. The van der Waals surface area contributed by atoms with E-state index in [0.29, 0.717) is 6.04 Å². The monoisotopic (exact) mass is 359 g/mol. The highest BCUT2D eigenvalue weighted by Crippen LogP contribution is 2.20. The van der Waals surface area contributed by atoms with E-state index in [1.54, 1.807) is 0 Å². The van der Waals surface area contributed by atoms with Crippen molar-refractivity contribution in [3.05, 3.63) is 12.3 Å². The highest BCUT2D eigenvalue weighted by molar-refractivity contribution is 5.43. The standard InChI is InChI=1S/C21H37N5/c1-3-9-18(2)16-25-13-8-10-19(17-25)23-21-22-12-11-20(24-21)26-14-6-4-5-7-15-26/h11-12,18-19H,3-10,13-17H2,1-2H3,(H,22,23,24). The number of rotatable bonds is 7. The van der Waals surface area contributed by atoms with Crippen molar-refractivity contribution >= 4 is 11.8 Å². The molecule has 5 nitrogen and oxygen atoms in total. The van der Waals surface area contributed by atoms with Crippen LogP contribution in [0.5, 0.6) is 0 Å². The van der Waals surface area contributed by atoms with Gasteiger partial charge in [0.1, 0.15) is 5.82 Å². The molecular formula is C21H37N5. The summed E-state index contributed by atoms with van der Waals surface area (Å²) in [6, 6.07) is 2.53. The third kappa shape index (κ3) is 5.83. The average molecular weight is 360 g/mol. The molecule has 2 fully saturated rings. The fourth-order valence-corrected chi connectivity index (χ4v) is 4.44. The summed E-state index contributed by atoms with van der Waals surface area (Å²) in [5.41, 5.74) is 0. The Bertz CT molecular complexity index is 527. The molecule has 0 saturated carbocycles. The molecule has 2 atom stereocenters. The molecule has 2 aliphatic heterocycles. The molecule has 0 aliphatic carbocycles. The van der Waals surface area contributed by atoms with E-state index in [4.69, 9.17) is 4.98 Å². The van der Waals surface area contributed by atoms with Gasteiger partial charge in [-0.05, 0) is 50.6 Å². The fraction of sp³-hybridized carbons (Fsp3) is 0.810. The number of piperidine rings is 1. The molecule has 2 unspecified atom stereocenters. The van der Waals surface area contributed by atoms with E-state index in [2.05, 4.69) is 40.0 Å². The minimum Gasteiger partial charge on any atom is -0.356 e. The molecular weight excluding hydrogens is 322 g/mol. The summed E-state index contributed by atoms with van der Waals surface area (Å²) in [5, 5.41) is 3.62. The first-order chi connectivity index (χ1) is 12.7. The van der Waals surface area contributed by atoms with Crippen molar-refractivity contribution in [1.29, 1.82) is 0 Å². The van der Waals surface area contributed by atoms with Gasteiger partial charge in [-0.1, -0.05) is 33.1 Å². The summed E-state index contributed by atoms with van der Waals surface area (Å²) in [7, 11) is 0. The number of hydrogen-bond donors (Lipinski definition) is 1. The molecule has 146 valence electrons. The van der Waals surface area contributed by atoms with Gasteiger partial charge in [-0.2, -0.15) is 4.98 Å². The Balaban J connectivity index is 1.55. The van der Waals surface area contributed by atoms with E-state index < -0.39 is 0 Å². The lowest BCUT2D eigenvalue weighted by atomic mass is 10.0. The van der Waals surface area contributed by atoms with E-state index in [-0.39, 0.29) is 0 Å². The molecule has 1 N–H and O–H groups in total. The number of aromatic nitrogens is 2. The Kier molecular flexibility index (Phi) is 7.54. The SMILES string of the molecule is CCCC(C)CN1CCCC(Nc2nccc(N3CCCCCC3)n2)C1. The van der Waals surface area contributed by atoms with E-state index in [1.165, 1.54) is 64.5 Å². The quantitative estimate of drug-likeness (QED) is 0.791. The van der Waals surface area contributed by atoms with Crippen LogP contribution in [0.1, 0.15) is 65.2 Å². The largest absolute Gasteiger partial charge is 0.356 e. The maximum atomic E-state index is 4.83. The molecule has 1 aromatic heterocycles. The van der Waals surface area contributed by atoms with Crippen molar-refractivity contribution < 1.29 is 0 Å². The first-order valence-electron chi connectivity index (χ1n) is 10.8. The molecule has 0 radical (unpaired) electrons. The summed E-state index contributed by atoms with van der Waals surface area (Å²) in [6.45, 7) is 10.5. The molecule has 0 amide bonds. The molecule has 5 heteroatoms. The van der Waals surface area contributed by atoms with Gasteiger partial charge in [0.25, 0.3) is 0 Å². The van der Waals surface area contributed by atoms with Gasteiger partial charge < -0.3 is 15.1 Å². The molecule has 1 aromatic rings. The molecule has 2 saturated heterocycles. The van der Waals surface area contributed by atoms with Crippen LogP contribution in [0, 0.1) is 5.92 Å². The van der Waals surface area contributed by atoms with Crippen molar-refractivity contribution in [2.24, 2.45) is 5.92 Å². The van der Waals surface area contributed by atoms with Gasteiger partial charge in [-0.25, -0.2) is 4.98 Å². The predicted octanol–water partition coefficient (Wildman–Crippen LogP) is 4.17. The summed E-state index contributed by atoms with van der Waals surface area (Å²) in [5.74, 6) is 2.69. The van der Waals surface area contributed by atoms with E-state index >= 15 is 0 Å². The van der Waals surface area contributed by atoms with Gasteiger partial charge in [0.05, 0.1) is 0 Å². The minimum atomic E-state index is 0.469. The maximum Gasteiger partial charge on any atom is 0.224 e. The first kappa shape index (κ1) is 19.4. The Hall–Kier alpha value is -1.36. The molecule has 0 spiro atoms. The Labute approximate surface area is 159 Å². The van der Waals surface area contributed by atoms with Crippen LogP contribution in [0.25, 0.3) is 0 Å². The summed E-state index contributed by atoms with van der Waals surface area (Å²) in [4.78, 5) is 14.4. The Morgan fingerprint density at radius 1 is 1.15 bits per heavy atom. The normalized spacial score (nSPS) is 23.5. The van der Waals surface area contributed by atoms with Gasteiger partial charge in [-0.15, -0.1) is 0 Å². The zero-order valence-electron chi connectivity index (χ0n) is 16.8. The molecule has 0 aromatic carbocycles. The molecule has 26 heavy (non-hydrogen) atoms. The number of hydrogen-bond acceptors (Lipinski definition) is 5. The van der Waals surface area contributed by atoms with Crippen LogP contribution in [-0.4, -0.2) is 53.6 Å². The maximum absolute atomic E-state index is 4.83. The highest BCUT2D eigenvalue weighted by Gasteiger charge is 2.22. The number of nitrogens with one attached hydrogen (secondary N) is 1. The molecule has 0 bridgehead atoms. The van der Waals surface area contributed by atoms with Crippen molar-refractivity contribution in [3.63, 3.8) is 0 Å². The fourth-order valence-electron chi connectivity index (χ4n) is 4.44. The van der Waals surface area contributed by atoms with Gasteiger partial charge in [-0.3, -0.25) is 0 Å². The van der Waals surface area contributed by atoms with E-state index in [0.717, 1.165) is 37.3 Å². The van der Waals surface area contributed by atoms with Crippen LogP contribution in [0.3, 0.4) is 0 Å². The lowest BCUT2D eigenvalue weighted by Gasteiger charge is -2.34. The van der Waals surface area contributed by atoms with E-state index in [1.807, 2.05) is 6.20 Å². The Morgan fingerprint density at radius 2 is 1.96 bits per heavy atom. The van der Waals surface area contributed by atoms with Crippen molar-refractivity contribution in [3.8, 4) is 0 Å². The summed E-state index contributed by atoms with van der Waals surface area (Å²) < 4.78 is 0. The second kappa shape index (κ2) is 10.1. The van der Waals surface area contributed by atoms with Crippen LogP contribution in [0.2, 0.25) is 0 Å². The van der Waals surface area contributed by atoms with Gasteiger partial charge in [0.15, 0.2) is 0 Å². The van der Waals surface area contributed by atoms with Crippen LogP contribution in [0.4, 0.5) is 11.8 Å². The predicted molar refractivity (Wildman–Crippen MR) is 110 cm³/mol. The number of anilines is 2. The second-order valence-corrected chi connectivity index (χ2v) is 8.28. The zero-order chi connectivity index (χ0) is 18.2. The van der Waals surface area contributed by atoms with Crippen LogP contribution in [-0.2, 0) is 0 Å². The lowest BCUT2D eigenvalue weighted by Crippen LogP contribution is -2.44. The first-order valence-corrected chi connectivity index (χ1v) is 10.8. The van der Waals surface area contributed by atoms with Crippen LogP contribution in [0.15, 0.2) is 12.3 Å². The second-order valence-electron chi connectivity index (χ2n) is 8.28. The number of likely N-dealkylation sites (tertiary alicyclic amines) is 1. The van der Waals surface area contributed by atoms with Gasteiger partial charge >= 0.3 is 0 Å². The van der Waals surface area contributed by atoms with Crippen molar-refractivity contribution in [1.82, 2.24) is 14.9 Å². The topological polar surface area (TPSA) is 44.3 Å². The smallest absolute Gasteiger partial charge is 0.224 e.